The molecule has 0 rings (SSSR count). The zero-order chi connectivity index (χ0) is 2.71. The topological polar surface area (TPSA) is 31.5 Å². The van der Waals surface area contributed by atoms with Gasteiger partial charge in [-0.1, -0.05) is 0 Å². The van der Waals surface area contributed by atoms with Crippen molar-refractivity contribution >= 4 is 64.9 Å². The van der Waals surface area contributed by atoms with Gasteiger partial charge >= 0.3 is 80.0 Å². The molecule has 0 aromatic carbocycles. The molecule has 0 aromatic rings. The van der Waals surface area contributed by atoms with Crippen LogP contribution in [0.15, 0.2) is 0 Å². The first-order valence-corrected chi connectivity index (χ1v) is 8.33. The summed E-state index contributed by atoms with van der Waals surface area (Å²) in [5, 5.41) is 0. The van der Waals surface area contributed by atoms with Crippen LogP contribution in [-0.4, -0.2) is 51.0 Å². The quantitative estimate of drug-likeness (QED) is 0.552. The Labute approximate surface area is 86.6 Å². The zero-order valence-electron chi connectivity index (χ0n) is 4.67. The fraction of sp³-hybridized carbons (Fsp3) is 0. The van der Waals surface area contributed by atoms with Gasteiger partial charge in [-0.25, -0.2) is 0 Å². The largest absolute Gasteiger partial charge is 2.00 e. The maximum absolute atomic E-state index is 4.95. The van der Waals surface area contributed by atoms with Gasteiger partial charge < -0.3 is 8.33 Å². The Hall–Kier alpha value is 2.64. The molecule has 0 atom stereocenters. The molecule has 0 heterocycles. The molecule has 0 aliphatic heterocycles. The van der Waals surface area contributed by atoms with E-state index in [2.05, 4.69) is 0 Å². The first kappa shape index (κ1) is 15.6. The Morgan fingerprint density at radius 1 is 1.40 bits per heavy atom. The van der Waals surface area contributed by atoms with E-state index >= 15 is 0 Å². The number of rotatable bonds is 0. The normalized spacial score (nSPS) is 2.00. The van der Waals surface area contributed by atoms with Gasteiger partial charge in [-0.2, -0.15) is 0 Å². The summed E-state index contributed by atoms with van der Waals surface area (Å²) in [6.45, 7) is 0. The van der Waals surface area contributed by atoms with E-state index < -0.39 is 15.1 Å². The predicted octanol–water partition coefficient (Wildman–Crippen LogP) is 0.396. The van der Waals surface area contributed by atoms with Crippen LogP contribution in [0.1, 0.15) is 2.85 Å². The Kier molecular flexibility index (Phi) is 49.9. The molecule has 5 heavy (non-hydrogen) atoms. The third-order valence-electron chi connectivity index (χ3n) is 0. The van der Waals surface area contributed by atoms with Crippen LogP contribution in [0.2, 0.25) is 0 Å². The average Bonchev–Trinajstić information content (AvgIpc) is 0.918. The molecule has 28 valence electrons. The predicted molar refractivity (Wildman–Crippen MR) is 23.3 cm³/mol. The van der Waals surface area contributed by atoms with Crippen molar-refractivity contribution in [2.24, 2.45) is 0 Å². The molecule has 0 aromatic heterocycles. The first-order chi connectivity index (χ1) is 1.41. The van der Waals surface area contributed by atoms with Crippen LogP contribution >= 0.6 is 19.4 Å². The second kappa shape index (κ2) is 15.9. The maximum atomic E-state index is 4.95. The van der Waals surface area contributed by atoms with Gasteiger partial charge in [0.15, 0.2) is 0 Å². The Bertz CT molecular complexity index is 15.7. The molecule has 2 N–H and O–H groups in total. The summed E-state index contributed by atoms with van der Waals surface area (Å²) in [7, 11) is 9.90. The third-order valence-corrected chi connectivity index (χ3v) is 0. The summed E-state index contributed by atoms with van der Waals surface area (Å²) in [5.41, 5.74) is 0. The van der Waals surface area contributed by atoms with Crippen LogP contribution in [0.3, 0.4) is 0 Å². The van der Waals surface area contributed by atoms with E-state index in [9.17, 15) is 0 Å². The molecule has 0 amide bonds. The van der Waals surface area contributed by atoms with Crippen molar-refractivity contribution in [2.45, 2.75) is 0 Å². The van der Waals surface area contributed by atoms with E-state index in [0.29, 0.717) is 0 Å². The van der Waals surface area contributed by atoms with Gasteiger partial charge in [-0.3, -0.25) is 0 Å². The molecular weight excluding hydrogens is 240 g/mol. The van der Waals surface area contributed by atoms with E-state index in [1.54, 1.807) is 0 Å². The molecule has 0 unspecified atom stereocenters. The summed E-state index contributed by atoms with van der Waals surface area (Å²) in [4.78, 5) is 0. The summed E-state index contributed by atoms with van der Waals surface area (Å²) >= 11 is -0.931. The van der Waals surface area contributed by atoms with E-state index in [1.165, 1.54) is 0 Å². The Morgan fingerprint density at radius 2 is 1.40 bits per heavy atom. The van der Waals surface area contributed by atoms with E-state index in [0.717, 1.165) is 0 Å². The molecule has 1 nitrogen and oxygen atoms in total. The van der Waals surface area contributed by atoms with Gasteiger partial charge in [0.05, 0.1) is 0 Å². The molecule has 0 bridgehead atoms. The third kappa shape index (κ3) is 20.5. The molecule has 0 saturated carbocycles. The van der Waals surface area contributed by atoms with Gasteiger partial charge in [-0.05, 0) is 0 Å². The molecule has 0 saturated heterocycles. The maximum Gasteiger partial charge on any atom is 2.00 e. The molecule has 0 aliphatic rings. The molecule has 5 heteroatoms. The van der Waals surface area contributed by atoms with Crippen LogP contribution < -0.4 is 0 Å². The van der Waals surface area contributed by atoms with Crippen molar-refractivity contribution in [3.8, 4) is 0 Å². The average molecular weight is 244 g/mol. The number of hydrogen-bond acceptors (Lipinski definition) is 0. The zero-order valence-corrected chi connectivity index (χ0v) is 10.6. The van der Waals surface area contributed by atoms with Crippen molar-refractivity contribution < 1.29 is 23.5 Å². The second-order valence-corrected chi connectivity index (χ2v) is 4.72. The minimum absolute atomic E-state index is 0. The summed E-state index contributed by atoms with van der Waals surface area (Å²) in [6.07, 6.45) is 0. The molecule has 0 radical (unpaired) electrons. The minimum atomic E-state index is -0.931. The van der Waals surface area contributed by atoms with Crippen molar-refractivity contribution in [1.82, 2.24) is 0 Å². The van der Waals surface area contributed by atoms with Crippen LogP contribution in [0.4, 0.5) is 0 Å². The summed E-state index contributed by atoms with van der Waals surface area (Å²) < 4.78 is 0. The molecular formula is H4Cl2OSrZn. The van der Waals surface area contributed by atoms with E-state index in [4.69, 9.17) is 19.4 Å². The number of hydrogen-bond donors (Lipinski definition) is 0. The van der Waals surface area contributed by atoms with Gasteiger partial charge in [-0.15, -0.1) is 0 Å². The monoisotopic (exact) mass is 242 g/mol. The Morgan fingerprint density at radius 3 is 1.40 bits per heavy atom. The standard InChI is InChI=1S/2ClH.H2O.Sr.Zn.2H/h2*1H;1H2;;;;/q;;;2*+2;2*-1/p-2. The van der Waals surface area contributed by atoms with Crippen LogP contribution in [0.5, 0.6) is 0 Å². The first-order valence-electron chi connectivity index (χ1n) is 0.535. The van der Waals surface area contributed by atoms with Gasteiger partial charge in [0.2, 0.25) is 0 Å². The van der Waals surface area contributed by atoms with Crippen LogP contribution in [0, 0.1) is 0 Å². The van der Waals surface area contributed by atoms with Crippen LogP contribution in [0.25, 0.3) is 0 Å². The van der Waals surface area contributed by atoms with Crippen molar-refractivity contribution in [3.63, 3.8) is 0 Å². The minimum Gasteiger partial charge on any atom is -1.00 e. The Balaban J connectivity index is -0.00000000333. The van der Waals surface area contributed by atoms with Crippen molar-refractivity contribution in [1.29, 1.82) is 0 Å². The fourth-order valence-corrected chi connectivity index (χ4v) is 0. The summed E-state index contributed by atoms with van der Waals surface area (Å²) in [5.74, 6) is 0. The van der Waals surface area contributed by atoms with Crippen molar-refractivity contribution in [3.05, 3.63) is 0 Å². The SMILES string of the molecule is O.[Cl][Zn][Cl].[H-].[H-].[Sr+2]. The fourth-order valence-electron chi connectivity index (χ4n) is 0. The second-order valence-electron chi connectivity index (χ2n) is 0.101. The van der Waals surface area contributed by atoms with Gasteiger partial charge in [0.1, 0.15) is 0 Å². The smallest absolute Gasteiger partial charge is 1.00 e. The van der Waals surface area contributed by atoms with Crippen molar-refractivity contribution in [2.75, 3.05) is 0 Å². The number of halogens is 2. The van der Waals surface area contributed by atoms with Crippen LogP contribution in [-0.2, 0) is 15.1 Å². The van der Waals surface area contributed by atoms with Gasteiger partial charge in [0, 0.05) is 0 Å². The van der Waals surface area contributed by atoms with E-state index in [1.807, 2.05) is 0 Å². The van der Waals surface area contributed by atoms with Gasteiger partial charge in [0.25, 0.3) is 0 Å². The molecule has 0 aliphatic carbocycles. The summed E-state index contributed by atoms with van der Waals surface area (Å²) in [6, 6.07) is 0. The molecule has 0 fully saturated rings. The molecule has 0 spiro atoms. The van der Waals surface area contributed by atoms with E-state index in [-0.39, 0.29) is 53.8 Å².